The van der Waals surface area contributed by atoms with Gasteiger partial charge in [0.2, 0.25) is 5.71 Å². The van der Waals surface area contributed by atoms with E-state index in [1.165, 1.54) is 18.2 Å². The Kier molecular flexibility index (Phi) is 3.93. The van der Waals surface area contributed by atoms with Gasteiger partial charge in [-0.05, 0) is 18.6 Å². The van der Waals surface area contributed by atoms with Crippen LogP contribution in [0.1, 0.15) is 5.56 Å². The van der Waals surface area contributed by atoms with Crippen molar-refractivity contribution >= 4 is 22.9 Å². The van der Waals surface area contributed by atoms with Crippen LogP contribution in [0, 0.1) is 33.8 Å². The van der Waals surface area contributed by atoms with Crippen molar-refractivity contribution in [3.8, 4) is 6.07 Å². The number of hydrogen-bond donors (Lipinski definition) is 3. The molecule has 0 aliphatic carbocycles. The lowest BCUT2D eigenvalue weighted by Gasteiger charge is -2.04. The number of benzene rings is 1. The average Bonchev–Trinajstić information content (AvgIpc) is 2.30. The van der Waals surface area contributed by atoms with E-state index < -0.39 is 10.8 Å². The van der Waals surface area contributed by atoms with Crippen LogP contribution in [0.25, 0.3) is 0 Å². The number of amidine groups is 1. The van der Waals surface area contributed by atoms with Crippen LogP contribution in [0.2, 0.25) is 0 Å². The number of rotatable bonds is 4. The van der Waals surface area contributed by atoms with Crippen LogP contribution >= 0.6 is 0 Å². The number of anilines is 1. The Morgan fingerprint density at radius 1 is 1.67 bits per heavy atom. The monoisotopic (exact) mass is 246 g/mol. The largest absolute Gasteiger partial charge is 0.382 e. The Morgan fingerprint density at radius 3 is 2.78 bits per heavy atom. The number of hydrogen-bond acceptors (Lipinski definition) is 6. The molecule has 0 aliphatic heterocycles. The summed E-state index contributed by atoms with van der Waals surface area (Å²) in [4.78, 5) is 10.0. The van der Waals surface area contributed by atoms with Crippen LogP contribution in [0.15, 0.2) is 23.3 Å². The van der Waals surface area contributed by atoms with Gasteiger partial charge in [-0.1, -0.05) is 0 Å². The fraction of sp³-hybridized carbons (Fsp3) is 0.100. The SMILES string of the molecule is Cc1cc([N+](=O)[O-])ccc1N/N=C(\C#N)C(=N)N. The molecule has 1 aromatic carbocycles. The van der Waals surface area contributed by atoms with Crippen molar-refractivity contribution in [2.75, 3.05) is 5.43 Å². The van der Waals surface area contributed by atoms with Crippen LogP contribution in [-0.4, -0.2) is 16.5 Å². The quantitative estimate of drug-likeness (QED) is 0.316. The van der Waals surface area contributed by atoms with Gasteiger partial charge in [-0.25, -0.2) is 0 Å². The van der Waals surface area contributed by atoms with Gasteiger partial charge in [0.05, 0.1) is 10.6 Å². The number of nitrogens with zero attached hydrogens (tertiary/aromatic N) is 3. The maximum atomic E-state index is 10.5. The average molecular weight is 246 g/mol. The summed E-state index contributed by atoms with van der Waals surface area (Å²) in [5.74, 6) is -0.454. The van der Waals surface area contributed by atoms with E-state index in [2.05, 4.69) is 10.5 Å². The summed E-state index contributed by atoms with van der Waals surface area (Å²) in [6, 6.07) is 5.80. The molecule has 0 fully saturated rings. The Balaban J connectivity index is 2.97. The van der Waals surface area contributed by atoms with E-state index in [0.29, 0.717) is 11.3 Å². The molecule has 0 saturated heterocycles. The van der Waals surface area contributed by atoms with Crippen molar-refractivity contribution in [2.45, 2.75) is 6.92 Å². The summed E-state index contributed by atoms with van der Waals surface area (Å²) < 4.78 is 0. The van der Waals surface area contributed by atoms with E-state index >= 15 is 0 Å². The highest BCUT2D eigenvalue weighted by Crippen LogP contribution is 2.20. The van der Waals surface area contributed by atoms with Gasteiger partial charge in [-0.3, -0.25) is 20.9 Å². The Morgan fingerprint density at radius 2 is 2.33 bits per heavy atom. The first-order chi connectivity index (χ1) is 8.45. The molecule has 1 aromatic rings. The first-order valence-electron chi connectivity index (χ1n) is 4.79. The number of hydrazone groups is 1. The van der Waals surface area contributed by atoms with Gasteiger partial charge in [0.1, 0.15) is 6.07 Å². The maximum absolute atomic E-state index is 10.5. The third-order valence-corrected chi connectivity index (χ3v) is 2.07. The minimum Gasteiger partial charge on any atom is -0.382 e. The first-order valence-corrected chi connectivity index (χ1v) is 4.79. The van der Waals surface area contributed by atoms with Crippen molar-refractivity contribution < 1.29 is 4.92 Å². The Labute approximate surface area is 102 Å². The van der Waals surface area contributed by atoms with Crippen molar-refractivity contribution in [3.05, 3.63) is 33.9 Å². The molecule has 0 aliphatic rings. The molecular weight excluding hydrogens is 236 g/mol. The van der Waals surface area contributed by atoms with Crippen LogP contribution in [0.3, 0.4) is 0 Å². The van der Waals surface area contributed by atoms with Gasteiger partial charge < -0.3 is 5.73 Å². The first kappa shape index (κ1) is 13.1. The lowest BCUT2D eigenvalue weighted by atomic mass is 10.2. The summed E-state index contributed by atoms with van der Waals surface area (Å²) in [5, 5.41) is 29.9. The molecule has 0 radical (unpaired) electrons. The molecule has 8 nitrogen and oxygen atoms in total. The standard InChI is InChI=1S/C10H10N6O2/c1-6-4-7(16(17)18)2-3-8(6)14-15-9(5-11)10(12)13/h2-4,14H,1H3,(H3,12,13)/b15-9+. The summed E-state index contributed by atoms with van der Waals surface area (Å²) in [5.41, 5.74) is 8.44. The normalized spacial score (nSPS) is 10.6. The molecule has 1 rings (SSSR count). The number of non-ortho nitro benzene ring substituents is 1. The number of nitro benzene ring substituents is 1. The van der Waals surface area contributed by atoms with Gasteiger partial charge in [0.25, 0.3) is 5.69 Å². The Bertz CT molecular complexity index is 572. The van der Waals surface area contributed by atoms with Crippen molar-refractivity contribution in [3.63, 3.8) is 0 Å². The second kappa shape index (κ2) is 5.40. The van der Waals surface area contributed by atoms with Crippen LogP contribution in [0.4, 0.5) is 11.4 Å². The molecule has 0 bridgehead atoms. The molecule has 0 amide bonds. The fourth-order valence-corrected chi connectivity index (χ4v) is 1.15. The molecular formula is C10H10N6O2. The highest BCUT2D eigenvalue weighted by Gasteiger charge is 2.08. The lowest BCUT2D eigenvalue weighted by Crippen LogP contribution is -2.21. The molecule has 0 saturated carbocycles. The maximum Gasteiger partial charge on any atom is 0.269 e. The molecule has 0 atom stereocenters. The summed E-state index contributed by atoms with van der Waals surface area (Å²) in [7, 11) is 0. The number of nitrogens with one attached hydrogen (secondary N) is 2. The third kappa shape index (κ3) is 3.02. The minimum atomic E-state index is -0.504. The Hall–Kier alpha value is -2.95. The highest BCUT2D eigenvalue weighted by atomic mass is 16.6. The highest BCUT2D eigenvalue weighted by molar-refractivity contribution is 6.45. The molecule has 4 N–H and O–H groups in total. The zero-order chi connectivity index (χ0) is 13.7. The second-order valence-corrected chi connectivity index (χ2v) is 3.35. The van der Waals surface area contributed by atoms with Crippen molar-refractivity contribution in [2.24, 2.45) is 10.8 Å². The molecule has 8 heteroatoms. The van der Waals surface area contributed by atoms with E-state index in [1.807, 2.05) is 0 Å². The minimum absolute atomic E-state index is 0.0332. The van der Waals surface area contributed by atoms with E-state index in [0.717, 1.165) is 0 Å². The van der Waals surface area contributed by atoms with Crippen LogP contribution < -0.4 is 11.2 Å². The van der Waals surface area contributed by atoms with E-state index in [4.69, 9.17) is 16.4 Å². The summed E-state index contributed by atoms with van der Waals surface area (Å²) in [6.07, 6.45) is 0. The smallest absolute Gasteiger partial charge is 0.269 e. The lowest BCUT2D eigenvalue weighted by molar-refractivity contribution is -0.384. The summed E-state index contributed by atoms with van der Waals surface area (Å²) in [6.45, 7) is 1.66. The predicted molar refractivity (Wildman–Crippen MR) is 66.4 cm³/mol. The fourth-order valence-electron chi connectivity index (χ4n) is 1.15. The zero-order valence-electron chi connectivity index (χ0n) is 9.47. The van der Waals surface area contributed by atoms with Gasteiger partial charge in [-0.2, -0.15) is 10.4 Å². The van der Waals surface area contributed by atoms with Crippen LogP contribution in [-0.2, 0) is 0 Å². The van der Waals surface area contributed by atoms with Gasteiger partial charge in [0, 0.05) is 12.1 Å². The number of nitriles is 1. The number of nitrogens with two attached hydrogens (primary N) is 1. The van der Waals surface area contributed by atoms with E-state index in [1.54, 1.807) is 13.0 Å². The number of nitro groups is 1. The molecule has 0 unspecified atom stereocenters. The summed E-state index contributed by atoms with van der Waals surface area (Å²) >= 11 is 0. The molecule has 18 heavy (non-hydrogen) atoms. The van der Waals surface area contributed by atoms with E-state index in [-0.39, 0.29) is 11.4 Å². The van der Waals surface area contributed by atoms with Gasteiger partial charge in [0.15, 0.2) is 5.84 Å². The zero-order valence-corrected chi connectivity index (χ0v) is 9.47. The predicted octanol–water partition coefficient (Wildman–Crippen LogP) is 1.13. The molecule has 0 spiro atoms. The molecule has 0 aromatic heterocycles. The van der Waals surface area contributed by atoms with Crippen molar-refractivity contribution in [1.29, 1.82) is 10.7 Å². The van der Waals surface area contributed by atoms with Crippen molar-refractivity contribution in [1.82, 2.24) is 0 Å². The topological polar surface area (TPSA) is 141 Å². The van der Waals surface area contributed by atoms with Gasteiger partial charge in [-0.15, -0.1) is 0 Å². The van der Waals surface area contributed by atoms with E-state index in [9.17, 15) is 10.1 Å². The second-order valence-electron chi connectivity index (χ2n) is 3.35. The molecule has 0 heterocycles. The van der Waals surface area contributed by atoms with Gasteiger partial charge >= 0.3 is 0 Å². The number of aryl methyl sites for hydroxylation is 1. The third-order valence-electron chi connectivity index (χ3n) is 2.07. The van der Waals surface area contributed by atoms with Crippen LogP contribution in [0.5, 0.6) is 0 Å². The molecule has 92 valence electrons.